The number of pyridine rings is 3. The van der Waals surface area contributed by atoms with E-state index in [1.165, 1.54) is 25.5 Å². The van der Waals surface area contributed by atoms with Crippen molar-refractivity contribution in [3.05, 3.63) is 66.5 Å². The molecule has 1 saturated heterocycles. The molecular formula is C27H25FN10. The van der Waals surface area contributed by atoms with Gasteiger partial charge in [-0.25, -0.2) is 24.3 Å². The Balaban J connectivity index is 1.29. The zero-order valence-electron chi connectivity index (χ0n) is 20.8. The molecule has 6 aromatic heterocycles. The molecule has 0 spiro atoms. The van der Waals surface area contributed by atoms with Gasteiger partial charge in [-0.3, -0.25) is 15.0 Å². The summed E-state index contributed by atoms with van der Waals surface area (Å²) in [4.78, 5) is 27.9. The monoisotopic (exact) mass is 508 g/mol. The highest BCUT2D eigenvalue weighted by molar-refractivity contribution is 5.94. The Morgan fingerprint density at radius 1 is 1.03 bits per heavy atom. The molecule has 1 aliphatic rings. The number of aromatic nitrogens is 9. The number of nitrogens with zero attached hydrogens (tertiary/aromatic N) is 8. The summed E-state index contributed by atoms with van der Waals surface area (Å²) < 4.78 is 18.0. The lowest BCUT2D eigenvalue weighted by atomic mass is 10.0. The van der Waals surface area contributed by atoms with Gasteiger partial charge in [0, 0.05) is 48.7 Å². The van der Waals surface area contributed by atoms with E-state index < -0.39 is 5.82 Å². The number of nitrogens with one attached hydrogen (secondary N) is 2. The number of hydrogen-bond acceptors (Lipinski definition) is 7. The van der Waals surface area contributed by atoms with Crippen molar-refractivity contribution in [2.45, 2.75) is 32.7 Å². The minimum atomic E-state index is -0.422. The van der Waals surface area contributed by atoms with Crippen LogP contribution in [0.25, 0.3) is 50.5 Å². The molecule has 38 heavy (non-hydrogen) atoms. The second kappa shape index (κ2) is 9.10. The molecule has 0 radical (unpaired) electrons. The maximum Gasteiger partial charge on any atom is 0.184 e. The molecule has 7 heterocycles. The molecule has 1 aliphatic heterocycles. The van der Waals surface area contributed by atoms with Crippen LogP contribution in [-0.2, 0) is 6.54 Å². The van der Waals surface area contributed by atoms with Crippen LogP contribution in [-0.4, -0.2) is 62.7 Å². The highest BCUT2D eigenvalue weighted by Crippen LogP contribution is 2.33. The maximum atomic E-state index is 16.1. The molecule has 11 heteroatoms. The lowest BCUT2D eigenvalue weighted by Gasteiger charge is -2.26. The van der Waals surface area contributed by atoms with Crippen molar-refractivity contribution in [2.24, 2.45) is 0 Å². The third-order valence-corrected chi connectivity index (χ3v) is 7.08. The summed E-state index contributed by atoms with van der Waals surface area (Å²) in [5.41, 5.74) is 5.75. The van der Waals surface area contributed by atoms with E-state index >= 15 is 4.39 Å². The smallest absolute Gasteiger partial charge is 0.184 e. The third-order valence-electron chi connectivity index (χ3n) is 7.08. The summed E-state index contributed by atoms with van der Waals surface area (Å²) in [5, 5.41) is 7.44. The van der Waals surface area contributed by atoms with Gasteiger partial charge in [0.15, 0.2) is 17.1 Å². The fraction of sp³-hybridized carbons (Fsp3) is 0.259. The molecule has 0 unspecified atom stereocenters. The molecule has 7 rings (SSSR count). The maximum absolute atomic E-state index is 16.1. The number of rotatable bonds is 5. The van der Waals surface area contributed by atoms with Crippen LogP contribution in [0.15, 0.2) is 49.4 Å². The Morgan fingerprint density at radius 3 is 2.76 bits per heavy atom. The van der Waals surface area contributed by atoms with E-state index in [9.17, 15) is 0 Å². The average molecular weight is 509 g/mol. The van der Waals surface area contributed by atoms with E-state index in [4.69, 9.17) is 0 Å². The van der Waals surface area contributed by atoms with Crippen LogP contribution >= 0.6 is 0 Å². The van der Waals surface area contributed by atoms with Gasteiger partial charge in [0.25, 0.3) is 0 Å². The lowest BCUT2D eigenvalue weighted by Crippen LogP contribution is -2.29. The Kier molecular flexibility index (Phi) is 5.43. The van der Waals surface area contributed by atoms with E-state index in [1.54, 1.807) is 18.7 Å². The van der Waals surface area contributed by atoms with Crippen LogP contribution in [0.4, 0.5) is 4.39 Å². The topological polar surface area (TPSA) is 117 Å². The molecule has 0 saturated carbocycles. The molecule has 0 bridgehead atoms. The predicted molar refractivity (Wildman–Crippen MR) is 141 cm³/mol. The first-order chi connectivity index (χ1) is 18.6. The largest absolute Gasteiger partial charge is 0.334 e. The molecular weight excluding hydrogens is 483 g/mol. The van der Waals surface area contributed by atoms with Gasteiger partial charge in [0.2, 0.25) is 0 Å². The number of likely N-dealkylation sites (tertiary alicyclic amines) is 1. The first kappa shape index (κ1) is 22.7. The van der Waals surface area contributed by atoms with Crippen molar-refractivity contribution in [3.63, 3.8) is 0 Å². The van der Waals surface area contributed by atoms with Crippen molar-refractivity contribution in [3.8, 4) is 28.3 Å². The minimum Gasteiger partial charge on any atom is -0.334 e. The number of aromatic amines is 2. The summed E-state index contributed by atoms with van der Waals surface area (Å²) in [5.74, 6) is 0.00339. The van der Waals surface area contributed by atoms with Gasteiger partial charge in [0.05, 0.1) is 23.1 Å². The van der Waals surface area contributed by atoms with Gasteiger partial charge in [-0.15, -0.1) is 0 Å². The van der Waals surface area contributed by atoms with Crippen molar-refractivity contribution < 1.29 is 4.39 Å². The molecule has 10 nitrogen and oxygen atoms in total. The zero-order valence-corrected chi connectivity index (χ0v) is 20.8. The second-order valence-corrected chi connectivity index (χ2v) is 9.74. The summed E-state index contributed by atoms with van der Waals surface area (Å²) in [7, 11) is 0. The third kappa shape index (κ3) is 3.91. The van der Waals surface area contributed by atoms with E-state index in [0.717, 1.165) is 36.6 Å². The van der Waals surface area contributed by atoms with Gasteiger partial charge < -0.3 is 9.55 Å². The Labute approximate surface area is 217 Å². The molecule has 190 valence electrons. The first-order valence-corrected chi connectivity index (χ1v) is 12.7. The van der Waals surface area contributed by atoms with E-state index in [2.05, 4.69) is 45.0 Å². The SMILES string of the molecule is Cc1cn(-c2ccnc3nc(-c4[nH]nc5ncc(-c6cncc(CN7CCCCC7)c6)c(F)c45)[nH]c23)cn1. The minimum absolute atomic E-state index is 0.267. The number of hydrogen-bond donors (Lipinski definition) is 2. The molecule has 0 aliphatic carbocycles. The van der Waals surface area contributed by atoms with Gasteiger partial charge in [-0.2, -0.15) is 5.10 Å². The van der Waals surface area contributed by atoms with Crippen LogP contribution in [0.1, 0.15) is 30.5 Å². The van der Waals surface area contributed by atoms with Crippen molar-refractivity contribution in [2.75, 3.05) is 13.1 Å². The van der Waals surface area contributed by atoms with Crippen LogP contribution < -0.4 is 0 Å². The number of H-pyrrole nitrogens is 2. The van der Waals surface area contributed by atoms with Gasteiger partial charge in [-0.05, 0) is 50.6 Å². The number of piperidine rings is 1. The summed E-state index contributed by atoms with van der Waals surface area (Å²) in [6, 6.07) is 3.87. The Hall–Kier alpha value is -4.51. The van der Waals surface area contributed by atoms with E-state index in [1.807, 2.05) is 36.0 Å². The zero-order chi connectivity index (χ0) is 25.6. The van der Waals surface area contributed by atoms with Gasteiger partial charge in [0.1, 0.15) is 17.0 Å². The summed E-state index contributed by atoms with van der Waals surface area (Å²) in [6.07, 6.45) is 14.1. The van der Waals surface area contributed by atoms with Crippen LogP contribution in [0, 0.1) is 12.7 Å². The molecule has 2 N–H and O–H groups in total. The second-order valence-electron chi connectivity index (χ2n) is 9.74. The van der Waals surface area contributed by atoms with Crippen molar-refractivity contribution >= 4 is 22.2 Å². The molecule has 6 aromatic rings. The van der Waals surface area contributed by atoms with Crippen LogP contribution in [0.5, 0.6) is 0 Å². The van der Waals surface area contributed by atoms with Crippen LogP contribution in [0.3, 0.4) is 0 Å². The number of aryl methyl sites for hydroxylation is 1. The Morgan fingerprint density at radius 2 is 1.92 bits per heavy atom. The lowest BCUT2D eigenvalue weighted by molar-refractivity contribution is 0.220. The summed E-state index contributed by atoms with van der Waals surface area (Å²) >= 11 is 0. The number of halogens is 1. The molecule has 0 aromatic carbocycles. The average Bonchev–Trinajstić information content (AvgIpc) is 3.67. The Bertz CT molecular complexity index is 1780. The highest BCUT2D eigenvalue weighted by atomic mass is 19.1. The quantitative estimate of drug-likeness (QED) is 0.350. The number of fused-ring (bicyclic) bond motifs is 2. The van der Waals surface area contributed by atoms with Gasteiger partial charge in [-0.1, -0.05) is 6.42 Å². The highest BCUT2D eigenvalue weighted by Gasteiger charge is 2.21. The van der Waals surface area contributed by atoms with E-state index in [-0.39, 0.29) is 11.0 Å². The standard InChI is InChI=1S/C27H25FN10/c1-16-13-38(15-32-16)20-5-6-30-26-23(20)33-27(34-26)24-21-22(28)19(12-31-25(21)36-35-24)18-9-17(10-29-11-18)14-37-7-3-2-4-8-37/h5-6,9-13,15H,2-4,7-8,14H2,1H3,(H,30,33,34)(H,31,35,36). The molecule has 1 fully saturated rings. The van der Waals surface area contributed by atoms with Gasteiger partial charge >= 0.3 is 0 Å². The molecule has 0 amide bonds. The molecule has 0 atom stereocenters. The summed E-state index contributed by atoms with van der Waals surface area (Å²) in [6.45, 7) is 4.90. The predicted octanol–water partition coefficient (Wildman–Crippen LogP) is 4.58. The van der Waals surface area contributed by atoms with Crippen molar-refractivity contribution in [1.29, 1.82) is 0 Å². The number of imidazole rings is 2. The fourth-order valence-corrected chi connectivity index (χ4v) is 5.20. The first-order valence-electron chi connectivity index (χ1n) is 12.7. The fourth-order valence-electron chi connectivity index (χ4n) is 5.20. The van der Waals surface area contributed by atoms with Crippen molar-refractivity contribution in [1.82, 2.24) is 49.6 Å². The van der Waals surface area contributed by atoms with E-state index in [0.29, 0.717) is 33.8 Å². The normalized spacial score (nSPS) is 14.6. The van der Waals surface area contributed by atoms with Crippen LogP contribution in [0.2, 0.25) is 0 Å².